The second kappa shape index (κ2) is 11.7. The third-order valence-corrected chi connectivity index (χ3v) is 7.67. The highest BCUT2D eigenvalue weighted by Crippen LogP contribution is 2.42. The first kappa shape index (κ1) is 25.8. The number of aryl methyl sites for hydroxylation is 1. The first-order chi connectivity index (χ1) is 18.5. The van der Waals surface area contributed by atoms with E-state index >= 15 is 0 Å². The van der Waals surface area contributed by atoms with Gasteiger partial charge in [0.1, 0.15) is 0 Å². The molecule has 0 spiro atoms. The molecular weight excluding hydrogens is 512 g/mol. The SMILES string of the molecule is Cc1cccc(CN2C(=O)C(=Cc3ccc(C(=O)NCCc4ccc(Cl)cc4)cc3)Sc3ccccc32)c1. The van der Waals surface area contributed by atoms with Crippen LogP contribution in [0.15, 0.2) is 107 Å². The van der Waals surface area contributed by atoms with Crippen LogP contribution in [0.4, 0.5) is 5.69 Å². The molecule has 0 unspecified atom stereocenters. The van der Waals surface area contributed by atoms with E-state index in [0.717, 1.165) is 33.7 Å². The molecule has 1 aliphatic rings. The topological polar surface area (TPSA) is 49.4 Å². The monoisotopic (exact) mass is 538 g/mol. The van der Waals surface area contributed by atoms with Crippen LogP contribution in [0.2, 0.25) is 5.02 Å². The van der Waals surface area contributed by atoms with Crippen LogP contribution in [0, 0.1) is 6.92 Å². The van der Waals surface area contributed by atoms with E-state index in [-0.39, 0.29) is 11.8 Å². The quantitative estimate of drug-likeness (QED) is 0.251. The van der Waals surface area contributed by atoms with Crippen LogP contribution < -0.4 is 10.2 Å². The first-order valence-corrected chi connectivity index (χ1v) is 13.6. The molecule has 2 amide bonds. The van der Waals surface area contributed by atoms with E-state index in [1.165, 1.54) is 17.3 Å². The Bertz CT molecular complexity index is 1500. The van der Waals surface area contributed by atoms with Gasteiger partial charge in [0.2, 0.25) is 0 Å². The minimum absolute atomic E-state index is 0.0285. The first-order valence-electron chi connectivity index (χ1n) is 12.4. The Hall–Kier alpha value is -3.80. The lowest BCUT2D eigenvalue weighted by molar-refractivity contribution is -0.114. The van der Waals surface area contributed by atoms with Gasteiger partial charge in [-0.1, -0.05) is 89.6 Å². The molecule has 0 atom stereocenters. The third kappa shape index (κ3) is 6.18. The van der Waals surface area contributed by atoms with Crippen molar-refractivity contribution >= 4 is 46.9 Å². The molecule has 1 aliphatic heterocycles. The van der Waals surface area contributed by atoms with Gasteiger partial charge in [0.15, 0.2) is 0 Å². The molecule has 0 fully saturated rings. The lowest BCUT2D eigenvalue weighted by Crippen LogP contribution is -2.33. The summed E-state index contributed by atoms with van der Waals surface area (Å²) in [5.74, 6) is -0.154. The Morgan fingerprint density at radius 2 is 1.68 bits per heavy atom. The molecule has 1 N–H and O–H groups in total. The second-order valence-electron chi connectivity index (χ2n) is 9.21. The number of hydrogen-bond donors (Lipinski definition) is 1. The molecule has 0 bridgehead atoms. The van der Waals surface area contributed by atoms with Gasteiger partial charge in [-0.25, -0.2) is 0 Å². The van der Waals surface area contributed by atoms with Gasteiger partial charge in [-0.15, -0.1) is 0 Å². The molecule has 1 heterocycles. The number of nitrogens with zero attached hydrogens (tertiary/aromatic N) is 1. The largest absolute Gasteiger partial charge is 0.352 e. The van der Waals surface area contributed by atoms with Crippen molar-refractivity contribution in [1.82, 2.24) is 5.32 Å². The van der Waals surface area contributed by atoms with Crippen LogP contribution in [0.25, 0.3) is 6.08 Å². The average Bonchev–Trinajstić information content (AvgIpc) is 2.92. The van der Waals surface area contributed by atoms with E-state index in [4.69, 9.17) is 11.6 Å². The fraction of sp³-hybridized carbons (Fsp3) is 0.125. The normalized spacial score (nSPS) is 13.9. The van der Waals surface area contributed by atoms with Crippen molar-refractivity contribution in [3.05, 3.63) is 135 Å². The molecule has 0 aromatic heterocycles. The number of fused-ring (bicyclic) bond motifs is 1. The van der Waals surface area contributed by atoms with Crippen LogP contribution in [0.1, 0.15) is 32.6 Å². The standard InChI is InChI=1S/C32H27ClN2O2S/c1-22-5-4-6-25(19-22)21-35-28-7-2-3-8-29(28)38-30(32(35)37)20-24-9-13-26(14-10-24)31(36)34-18-17-23-11-15-27(33)16-12-23/h2-16,19-20H,17-18,21H2,1H3,(H,34,36). The number of anilines is 1. The molecule has 4 aromatic rings. The van der Waals surface area contributed by atoms with Crippen LogP contribution in [-0.2, 0) is 17.8 Å². The van der Waals surface area contributed by atoms with Gasteiger partial charge >= 0.3 is 0 Å². The number of rotatable bonds is 7. The minimum atomic E-state index is -0.125. The predicted molar refractivity (Wildman–Crippen MR) is 157 cm³/mol. The van der Waals surface area contributed by atoms with Crippen molar-refractivity contribution in [2.75, 3.05) is 11.4 Å². The summed E-state index contributed by atoms with van der Waals surface area (Å²) in [5, 5.41) is 3.66. The summed E-state index contributed by atoms with van der Waals surface area (Å²) in [6.45, 7) is 3.10. The van der Waals surface area contributed by atoms with Crippen LogP contribution in [0.3, 0.4) is 0 Å². The number of nitrogens with one attached hydrogen (secondary N) is 1. The Morgan fingerprint density at radius 1 is 0.921 bits per heavy atom. The molecule has 0 aliphatic carbocycles. The van der Waals surface area contributed by atoms with E-state index in [0.29, 0.717) is 28.6 Å². The van der Waals surface area contributed by atoms with Gasteiger partial charge < -0.3 is 10.2 Å². The van der Waals surface area contributed by atoms with Crippen molar-refractivity contribution in [1.29, 1.82) is 0 Å². The van der Waals surface area contributed by atoms with E-state index < -0.39 is 0 Å². The molecule has 190 valence electrons. The zero-order valence-electron chi connectivity index (χ0n) is 21.0. The molecule has 0 saturated heterocycles. The van der Waals surface area contributed by atoms with Gasteiger partial charge in [-0.05, 0) is 72.5 Å². The predicted octanol–water partition coefficient (Wildman–Crippen LogP) is 7.30. The van der Waals surface area contributed by atoms with E-state index in [2.05, 4.69) is 24.4 Å². The maximum Gasteiger partial charge on any atom is 0.265 e. The number of carbonyl (C=O) groups excluding carboxylic acids is 2. The number of hydrogen-bond acceptors (Lipinski definition) is 3. The summed E-state index contributed by atoms with van der Waals surface area (Å²) in [7, 11) is 0. The van der Waals surface area contributed by atoms with E-state index in [9.17, 15) is 9.59 Å². The fourth-order valence-corrected chi connectivity index (χ4v) is 5.55. The lowest BCUT2D eigenvalue weighted by atomic mass is 10.1. The van der Waals surface area contributed by atoms with Gasteiger partial charge in [0.25, 0.3) is 11.8 Å². The van der Waals surface area contributed by atoms with Crippen molar-refractivity contribution < 1.29 is 9.59 Å². The van der Waals surface area contributed by atoms with Crippen molar-refractivity contribution in [3.63, 3.8) is 0 Å². The molecule has 5 rings (SSSR count). The Kier molecular flexibility index (Phi) is 7.97. The summed E-state index contributed by atoms with van der Waals surface area (Å²) in [5.41, 5.74) is 5.74. The summed E-state index contributed by atoms with van der Waals surface area (Å²) < 4.78 is 0. The van der Waals surface area contributed by atoms with Crippen LogP contribution >= 0.6 is 23.4 Å². The second-order valence-corrected chi connectivity index (χ2v) is 10.7. The van der Waals surface area contributed by atoms with E-state index in [1.807, 2.05) is 83.8 Å². The average molecular weight is 539 g/mol. The van der Waals surface area contributed by atoms with Gasteiger partial charge in [-0.2, -0.15) is 0 Å². The Labute approximate surface area is 232 Å². The number of benzene rings is 4. The summed E-state index contributed by atoms with van der Waals surface area (Å²) in [6, 6.07) is 31.2. The smallest absolute Gasteiger partial charge is 0.265 e. The Morgan fingerprint density at radius 3 is 2.45 bits per heavy atom. The number of thioether (sulfide) groups is 1. The summed E-state index contributed by atoms with van der Waals surface area (Å²) >= 11 is 7.41. The lowest BCUT2D eigenvalue weighted by Gasteiger charge is -2.30. The van der Waals surface area contributed by atoms with Crippen LogP contribution in [-0.4, -0.2) is 18.4 Å². The number of carbonyl (C=O) groups is 2. The fourth-order valence-electron chi connectivity index (χ4n) is 4.37. The van der Waals surface area contributed by atoms with Gasteiger partial charge in [-0.3, -0.25) is 9.59 Å². The van der Waals surface area contributed by atoms with Crippen molar-refractivity contribution in [2.24, 2.45) is 0 Å². The molecule has 38 heavy (non-hydrogen) atoms. The maximum absolute atomic E-state index is 13.6. The molecule has 0 saturated carbocycles. The highest BCUT2D eigenvalue weighted by molar-refractivity contribution is 8.04. The van der Waals surface area contributed by atoms with Gasteiger partial charge in [0.05, 0.1) is 17.1 Å². The number of amides is 2. The third-order valence-electron chi connectivity index (χ3n) is 6.34. The molecule has 0 radical (unpaired) electrons. The zero-order chi connectivity index (χ0) is 26.5. The van der Waals surface area contributed by atoms with E-state index in [1.54, 1.807) is 12.1 Å². The highest BCUT2D eigenvalue weighted by Gasteiger charge is 2.29. The number of halogens is 1. The van der Waals surface area contributed by atoms with Crippen LogP contribution in [0.5, 0.6) is 0 Å². The van der Waals surface area contributed by atoms with Crippen molar-refractivity contribution in [3.8, 4) is 0 Å². The summed E-state index contributed by atoms with van der Waals surface area (Å²) in [6.07, 6.45) is 2.63. The summed E-state index contributed by atoms with van der Waals surface area (Å²) in [4.78, 5) is 29.7. The van der Waals surface area contributed by atoms with Gasteiger partial charge in [0, 0.05) is 22.0 Å². The molecule has 6 heteroatoms. The molecule has 4 aromatic carbocycles. The zero-order valence-corrected chi connectivity index (χ0v) is 22.6. The molecule has 4 nitrogen and oxygen atoms in total. The minimum Gasteiger partial charge on any atom is -0.352 e. The highest BCUT2D eigenvalue weighted by atomic mass is 35.5. The Balaban J connectivity index is 1.29. The molecular formula is C32H27ClN2O2S. The van der Waals surface area contributed by atoms with Crippen molar-refractivity contribution in [2.45, 2.75) is 24.8 Å². The maximum atomic E-state index is 13.6. The number of para-hydroxylation sites is 1.